The lowest BCUT2D eigenvalue weighted by molar-refractivity contribution is -0.129. The van der Waals surface area contributed by atoms with Crippen LogP contribution in [0, 0.1) is 0 Å². The van der Waals surface area contributed by atoms with Crippen LogP contribution in [0.25, 0.3) is 0 Å². The molecule has 2 N–H and O–H groups in total. The average Bonchev–Trinajstić information content (AvgIpc) is 2.77. The molecule has 0 aliphatic heterocycles. The van der Waals surface area contributed by atoms with Crippen molar-refractivity contribution in [2.45, 2.75) is 6.42 Å². The first-order valence-corrected chi connectivity index (χ1v) is 9.43. The summed E-state index contributed by atoms with van der Waals surface area (Å²) in [7, 11) is 0. The lowest BCUT2D eigenvalue weighted by atomic mass is 10.2. The van der Waals surface area contributed by atoms with E-state index < -0.39 is 18.2 Å². The van der Waals surface area contributed by atoms with Gasteiger partial charge in [-0.15, -0.1) is 0 Å². The van der Waals surface area contributed by atoms with Crippen LogP contribution in [0.3, 0.4) is 0 Å². The number of carbonyl (C=O) groups is 2. The molecule has 8 heteroatoms. The van der Waals surface area contributed by atoms with E-state index >= 15 is 0 Å². The van der Waals surface area contributed by atoms with Gasteiger partial charge in [0.15, 0.2) is 0 Å². The summed E-state index contributed by atoms with van der Waals surface area (Å²) in [6.07, 6.45) is 5.70. The first-order chi connectivity index (χ1) is 15.1. The quantitative estimate of drug-likeness (QED) is 0.239. The summed E-state index contributed by atoms with van der Waals surface area (Å²) >= 11 is 0. The van der Waals surface area contributed by atoms with Crippen molar-refractivity contribution in [3.05, 3.63) is 85.0 Å². The first-order valence-electron chi connectivity index (χ1n) is 9.43. The van der Waals surface area contributed by atoms with Crippen LogP contribution in [0.1, 0.15) is 17.5 Å². The van der Waals surface area contributed by atoms with Crippen LogP contribution in [-0.2, 0) is 9.59 Å². The molecule has 8 nitrogen and oxygen atoms in total. The number of nitrogens with one attached hydrogen (secondary N) is 2. The van der Waals surface area contributed by atoms with Gasteiger partial charge in [-0.3, -0.25) is 9.59 Å². The maximum Gasteiger partial charge on any atom is 0.249 e. The maximum absolute atomic E-state index is 11.9. The van der Waals surface area contributed by atoms with Gasteiger partial charge in [-0.05, 0) is 24.3 Å². The molecule has 0 saturated heterocycles. The van der Waals surface area contributed by atoms with Crippen LogP contribution < -0.4 is 20.3 Å². The van der Waals surface area contributed by atoms with E-state index in [1.807, 2.05) is 24.3 Å². The highest BCUT2D eigenvalue weighted by Crippen LogP contribution is 2.16. The third kappa shape index (κ3) is 8.36. The van der Waals surface area contributed by atoms with Crippen LogP contribution in [0.4, 0.5) is 0 Å². The summed E-state index contributed by atoms with van der Waals surface area (Å²) in [6.45, 7) is 7.90. The average molecular weight is 420 g/mol. The summed E-state index contributed by atoms with van der Waals surface area (Å²) < 4.78 is 11.0. The SMILES string of the molecule is C=CCOc1ccccc1/C=N\NC(=O)CC(=O)N/N=C\c1ccccc1OCC=C. The summed E-state index contributed by atoms with van der Waals surface area (Å²) in [6, 6.07) is 14.4. The number of benzene rings is 2. The normalized spacial score (nSPS) is 10.6. The molecule has 2 amide bonds. The Hall–Kier alpha value is -4.20. The zero-order valence-electron chi connectivity index (χ0n) is 17.0. The Morgan fingerprint density at radius 1 is 0.774 bits per heavy atom. The van der Waals surface area contributed by atoms with Crippen molar-refractivity contribution in [1.29, 1.82) is 0 Å². The zero-order chi connectivity index (χ0) is 22.3. The molecule has 0 bridgehead atoms. The van der Waals surface area contributed by atoms with Crippen molar-refractivity contribution in [3.8, 4) is 11.5 Å². The second kappa shape index (κ2) is 13.1. The predicted octanol–water partition coefficient (Wildman–Crippen LogP) is 2.81. The second-order valence-electron chi connectivity index (χ2n) is 6.04. The highest BCUT2D eigenvalue weighted by molar-refractivity contribution is 5.97. The molecule has 2 aromatic carbocycles. The fourth-order valence-corrected chi connectivity index (χ4v) is 2.31. The van der Waals surface area contributed by atoms with Gasteiger partial charge in [-0.2, -0.15) is 10.2 Å². The van der Waals surface area contributed by atoms with Crippen molar-refractivity contribution in [1.82, 2.24) is 10.9 Å². The number of amides is 2. The first kappa shape index (κ1) is 23.1. The van der Waals surface area contributed by atoms with Gasteiger partial charge in [-0.25, -0.2) is 10.9 Å². The molecule has 0 aliphatic carbocycles. The molecule has 0 heterocycles. The Balaban J connectivity index is 1.82. The van der Waals surface area contributed by atoms with Gasteiger partial charge in [0, 0.05) is 11.1 Å². The monoisotopic (exact) mass is 420 g/mol. The van der Waals surface area contributed by atoms with Crippen LogP contribution >= 0.6 is 0 Å². The Labute approximate surface area is 181 Å². The highest BCUT2D eigenvalue weighted by atomic mass is 16.5. The standard InChI is InChI=1S/C23H24N4O4/c1-3-13-30-20-11-7-5-9-18(20)16-24-26-22(28)15-23(29)27-25-17-19-10-6-8-12-21(19)31-14-4-2/h3-12,16-17H,1-2,13-15H2,(H,26,28)(H,27,29)/b24-16-,25-17-. The minimum Gasteiger partial charge on any atom is -0.489 e. The van der Waals surface area contributed by atoms with Crippen LogP contribution in [0.2, 0.25) is 0 Å². The Morgan fingerprint density at radius 3 is 1.61 bits per heavy atom. The molecule has 0 unspecified atom stereocenters. The molecule has 0 atom stereocenters. The zero-order valence-corrected chi connectivity index (χ0v) is 17.0. The molecule has 0 aromatic heterocycles. The molecule has 31 heavy (non-hydrogen) atoms. The van der Waals surface area contributed by atoms with E-state index in [0.29, 0.717) is 35.8 Å². The summed E-state index contributed by atoms with van der Waals surface area (Å²) in [4.78, 5) is 23.8. The van der Waals surface area contributed by atoms with E-state index in [9.17, 15) is 9.59 Å². The minimum absolute atomic E-state index is 0.350. The number of para-hydroxylation sites is 2. The smallest absolute Gasteiger partial charge is 0.249 e. The van der Waals surface area contributed by atoms with Gasteiger partial charge in [0.1, 0.15) is 31.1 Å². The highest BCUT2D eigenvalue weighted by Gasteiger charge is 2.08. The molecule has 0 saturated carbocycles. The molecule has 2 aromatic rings. The van der Waals surface area contributed by atoms with E-state index in [1.54, 1.807) is 36.4 Å². The van der Waals surface area contributed by atoms with Gasteiger partial charge < -0.3 is 9.47 Å². The number of hydrazone groups is 2. The molecular formula is C23H24N4O4. The van der Waals surface area contributed by atoms with E-state index in [2.05, 4.69) is 34.2 Å². The minimum atomic E-state index is -0.580. The molecule has 0 spiro atoms. The van der Waals surface area contributed by atoms with Crippen molar-refractivity contribution in [3.63, 3.8) is 0 Å². The Kier molecular flexibility index (Phi) is 9.76. The number of nitrogens with zero attached hydrogens (tertiary/aromatic N) is 2. The number of rotatable bonds is 12. The van der Waals surface area contributed by atoms with E-state index in [0.717, 1.165) is 0 Å². The van der Waals surface area contributed by atoms with Crippen molar-refractivity contribution in [2.75, 3.05) is 13.2 Å². The fraction of sp³-hybridized carbons (Fsp3) is 0.130. The molecular weight excluding hydrogens is 396 g/mol. The van der Waals surface area contributed by atoms with E-state index in [1.165, 1.54) is 12.4 Å². The maximum atomic E-state index is 11.9. The molecule has 0 fully saturated rings. The van der Waals surface area contributed by atoms with Crippen LogP contribution in [0.5, 0.6) is 11.5 Å². The molecule has 0 aliphatic rings. The third-order valence-corrected chi connectivity index (χ3v) is 3.66. The summed E-state index contributed by atoms with van der Waals surface area (Å²) in [5, 5.41) is 7.72. The third-order valence-electron chi connectivity index (χ3n) is 3.66. The lowest BCUT2D eigenvalue weighted by Gasteiger charge is -2.06. The van der Waals surface area contributed by atoms with Gasteiger partial charge in [0.2, 0.25) is 11.8 Å². The number of carbonyl (C=O) groups excluding carboxylic acids is 2. The van der Waals surface area contributed by atoms with Crippen molar-refractivity contribution in [2.24, 2.45) is 10.2 Å². The molecule has 0 radical (unpaired) electrons. The molecule has 160 valence electrons. The summed E-state index contributed by atoms with van der Waals surface area (Å²) in [5.41, 5.74) is 5.95. The van der Waals surface area contributed by atoms with Crippen molar-refractivity contribution >= 4 is 24.2 Å². The van der Waals surface area contributed by atoms with Gasteiger partial charge in [0.25, 0.3) is 0 Å². The predicted molar refractivity (Wildman–Crippen MR) is 120 cm³/mol. The van der Waals surface area contributed by atoms with Gasteiger partial charge in [0.05, 0.1) is 12.4 Å². The van der Waals surface area contributed by atoms with Crippen LogP contribution in [0.15, 0.2) is 84.0 Å². The number of hydrogen-bond acceptors (Lipinski definition) is 6. The largest absolute Gasteiger partial charge is 0.489 e. The van der Waals surface area contributed by atoms with E-state index in [4.69, 9.17) is 9.47 Å². The van der Waals surface area contributed by atoms with E-state index in [-0.39, 0.29) is 0 Å². The van der Waals surface area contributed by atoms with Gasteiger partial charge >= 0.3 is 0 Å². The van der Waals surface area contributed by atoms with Crippen LogP contribution in [-0.4, -0.2) is 37.5 Å². The Bertz CT molecular complexity index is 892. The Morgan fingerprint density at radius 2 is 1.19 bits per heavy atom. The molecule has 2 rings (SSSR count). The topological polar surface area (TPSA) is 101 Å². The second-order valence-corrected chi connectivity index (χ2v) is 6.04. The number of hydrogen-bond donors (Lipinski definition) is 2. The fourth-order valence-electron chi connectivity index (χ4n) is 2.31. The summed E-state index contributed by atoms with van der Waals surface area (Å²) in [5.74, 6) is 0.0426. The van der Waals surface area contributed by atoms with Crippen molar-refractivity contribution < 1.29 is 19.1 Å². The number of ether oxygens (including phenoxy) is 2. The van der Waals surface area contributed by atoms with Gasteiger partial charge in [-0.1, -0.05) is 49.6 Å². The lowest BCUT2D eigenvalue weighted by Crippen LogP contribution is -2.27.